The van der Waals surface area contributed by atoms with Gasteiger partial charge in [0.15, 0.2) is 0 Å². The number of fused-ring (bicyclic) bond motifs is 1. The molecule has 0 spiro atoms. The smallest absolute Gasteiger partial charge is 0.240 e. The molecule has 1 aliphatic heterocycles. The third kappa shape index (κ3) is 3.12. The Balaban J connectivity index is 2.47. The number of nitrogens with zero attached hydrogens (tertiary/aromatic N) is 1. The van der Waals surface area contributed by atoms with Crippen molar-refractivity contribution in [2.24, 2.45) is 0 Å². The first-order chi connectivity index (χ1) is 10.5. The third-order valence-corrected chi connectivity index (χ3v) is 5.51. The molecule has 0 fully saturated rings. The molecule has 1 aromatic carbocycles. The quantitative estimate of drug-likeness (QED) is 0.715. The van der Waals surface area contributed by atoms with Gasteiger partial charge in [-0.3, -0.25) is 4.79 Å². The van der Waals surface area contributed by atoms with E-state index in [4.69, 9.17) is 0 Å². The van der Waals surface area contributed by atoms with E-state index in [1.54, 1.807) is 11.0 Å². The summed E-state index contributed by atoms with van der Waals surface area (Å²) in [5.41, 5.74) is 2.92. The molecule has 0 aromatic heterocycles. The van der Waals surface area contributed by atoms with Crippen LogP contribution in [0.5, 0.6) is 0 Å². The molecule has 1 heterocycles. The predicted molar refractivity (Wildman–Crippen MR) is 91.9 cm³/mol. The van der Waals surface area contributed by atoms with E-state index < -0.39 is 0 Å². The van der Waals surface area contributed by atoms with Crippen molar-refractivity contribution in [3.05, 3.63) is 47.8 Å². The Morgan fingerprint density at radius 3 is 2.77 bits per heavy atom. The summed E-state index contributed by atoms with van der Waals surface area (Å²) in [5, 5.41) is -0.216. The van der Waals surface area contributed by atoms with Crippen LogP contribution in [0, 0.1) is 5.82 Å². The molecule has 2 nitrogen and oxygen atoms in total. The van der Waals surface area contributed by atoms with Crippen LogP contribution >= 0.6 is 11.8 Å². The lowest BCUT2D eigenvalue weighted by Gasteiger charge is -2.34. The maximum Gasteiger partial charge on any atom is 0.240 e. The molecule has 0 saturated carbocycles. The lowest BCUT2D eigenvalue weighted by molar-refractivity contribution is -0.118. The second-order valence-corrected chi connectivity index (χ2v) is 6.58. The monoisotopic (exact) mass is 319 g/mol. The van der Waals surface area contributed by atoms with Crippen LogP contribution in [0.15, 0.2) is 46.9 Å². The number of amides is 1. The fraction of sp³-hybridized carbons (Fsp3) is 0.389. The number of benzene rings is 1. The van der Waals surface area contributed by atoms with Crippen LogP contribution in [0.25, 0.3) is 0 Å². The highest BCUT2D eigenvalue weighted by molar-refractivity contribution is 8.01. The van der Waals surface area contributed by atoms with Gasteiger partial charge in [0.2, 0.25) is 5.91 Å². The van der Waals surface area contributed by atoms with Crippen LogP contribution in [0.2, 0.25) is 0 Å². The minimum absolute atomic E-state index is 0.0633. The number of halogens is 1. The second kappa shape index (κ2) is 7.14. The molecular weight excluding hydrogens is 297 g/mol. The van der Waals surface area contributed by atoms with E-state index in [1.165, 1.54) is 17.8 Å². The zero-order chi connectivity index (χ0) is 16.3. The van der Waals surface area contributed by atoms with Gasteiger partial charge in [0.25, 0.3) is 0 Å². The van der Waals surface area contributed by atoms with Crippen molar-refractivity contribution in [2.75, 3.05) is 11.4 Å². The summed E-state index contributed by atoms with van der Waals surface area (Å²) in [5.74, 6) is -0.186. The molecular formula is C18H22FNOS. The molecule has 1 aromatic rings. The van der Waals surface area contributed by atoms with Crippen LogP contribution in [-0.4, -0.2) is 17.7 Å². The first-order valence-corrected chi connectivity index (χ1v) is 8.49. The SMILES string of the molecule is C=CC(C)=C(CC)CN1C(=O)C(CC)Sc2c(F)cccc21. The lowest BCUT2D eigenvalue weighted by atomic mass is 10.1. The summed E-state index contributed by atoms with van der Waals surface area (Å²) in [6.45, 7) is 10.3. The minimum atomic E-state index is -0.249. The van der Waals surface area contributed by atoms with Gasteiger partial charge in [-0.2, -0.15) is 0 Å². The number of carbonyl (C=O) groups is 1. The van der Waals surface area contributed by atoms with E-state index in [9.17, 15) is 9.18 Å². The maximum atomic E-state index is 14.1. The lowest BCUT2D eigenvalue weighted by Crippen LogP contribution is -2.42. The molecule has 22 heavy (non-hydrogen) atoms. The fourth-order valence-electron chi connectivity index (χ4n) is 2.58. The van der Waals surface area contributed by atoms with E-state index >= 15 is 0 Å². The van der Waals surface area contributed by atoms with Crippen LogP contribution < -0.4 is 4.90 Å². The molecule has 1 aliphatic rings. The van der Waals surface area contributed by atoms with Crippen molar-refractivity contribution in [2.45, 2.75) is 43.8 Å². The Labute approximate surface area is 136 Å². The summed E-state index contributed by atoms with van der Waals surface area (Å²) < 4.78 is 14.1. The van der Waals surface area contributed by atoms with E-state index in [2.05, 4.69) is 13.5 Å². The van der Waals surface area contributed by atoms with Gasteiger partial charge in [-0.1, -0.05) is 38.1 Å². The minimum Gasteiger partial charge on any atom is -0.306 e. The number of hydrogen-bond acceptors (Lipinski definition) is 2. The van der Waals surface area contributed by atoms with Gasteiger partial charge in [0.05, 0.1) is 15.8 Å². The summed E-state index contributed by atoms with van der Waals surface area (Å²) in [4.78, 5) is 15.0. The van der Waals surface area contributed by atoms with Crippen molar-refractivity contribution < 1.29 is 9.18 Å². The highest BCUT2D eigenvalue weighted by Gasteiger charge is 2.34. The Morgan fingerprint density at radius 2 is 2.18 bits per heavy atom. The average molecular weight is 319 g/mol. The first kappa shape index (κ1) is 16.8. The Hall–Kier alpha value is -1.55. The fourth-order valence-corrected chi connectivity index (χ4v) is 3.74. The van der Waals surface area contributed by atoms with E-state index in [0.717, 1.165) is 17.6 Å². The van der Waals surface area contributed by atoms with Crippen LogP contribution in [-0.2, 0) is 4.79 Å². The van der Waals surface area contributed by atoms with Crippen LogP contribution in [0.1, 0.15) is 33.6 Å². The number of hydrogen-bond donors (Lipinski definition) is 0. The second-order valence-electron chi connectivity index (χ2n) is 5.37. The van der Waals surface area contributed by atoms with Gasteiger partial charge >= 0.3 is 0 Å². The molecule has 0 saturated heterocycles. The Bertz CT molecular complexity index is 624. The van der Waals surface area contributed by atoms with Crippen molar-refractivity contribution >= 4 is 23.4 Å². The molecule has 1 amide bonds. The van der Waals surface area contributed by atoms with Gasteiger partial charge in [-0.25, -0.2) is 4.39 Å². The molecule has 4 heteroatoms. The summed E-state index contributed by atoms with van der Waals surface area (Å²) in [6, 6.07) is 4.95. The highest BCUT2D eigenvalue weighted by atomic mass is 32.2. The third-order valence-electron chi connectivity index (χ3n) is 4.05. The van der Waals surface area contributed by atoms with Gasteiger partial charge in [0, 0.05) is 6.54 Å². The van der Waals surface area contributed by atoms with Gasteiger partial charge in [0.1, 0.15) is 5.82 Å². The molecule has 0 radical (unpaired) electrons. The highest BCUT2D eigenvalue weighted by Crippen LogP contribution is 2.42. The summed E-state index contributed by atoms with van der Waals surface area (Å²) in [7, 11) is 0. The van der Waals surface area contributed by atoms with Gasteiger partial charge in [-0.15, -0.1) is 11.8 Å². The number of anilines is 1. The molecule has 1 unspecified atom stereocenters. The average Bonchev–Trinajstić information content (AvgIpc) is 2.53. The van der Waals surface area contributed by atoms with Crippen LogP contribution in [0.4, 0.5) is 10.1 Å². The van der Waals surface area contributed by atoms with E-state index in [1.807, 2.05) is 26.0 Å². The zero-order valence-corrected chi connectivity index (χ0v) is 14.2. The largest absolute Gasteiger partial charge is 0.306 e. The standard InChI is InChI=1S/C18H22FNOS/c1-5-12(4)13(6-2)11-20-15-10-8-9-14(19)17(15)22-16(7-3)18(20)21/h5,8-10,16H,1,6-7,11H2,2-4H3. The van der Waals surface area contributed by atoms with E-state index in [-0.39, 0.29) is 17.0 Å². The zero-order valence-electron chi connectivity index (χ0n) is 13.4. The number of allylic oxidation sites excluding steroid dienone is 2. The van der Waals surface area contributed by atoms with Crippen molar-refractivity contribution in [1.82, 2.24) is 0 Å². The number of carbonyl (C=O) groups excluding carboxylic acids is 1. The molecule has 1 atom stereocenters. The normalized spacial score (nSPS) is 18.8. The number of rotatable bonds is 5. The van der Waals surface area contributed by atoms with Crippen molar-refractivity contribution in [3.8, 4) is 0 Å². The molecule has 0 N–H and O–H groups in total. The predicted octanol–water partition coefficient (Wildman–Crippen LogP) is 4.96. The van der Waals surface area contributed by atoms with Crippen molar-refractivity contribution in [3.63, 3.8) is 0 Å². The first-order valence-electron chi connectivity index (χ1n) is 7.61. The maximum absolute atomic E-state index is 14.1. The van der Waals surface area contributed by atoms with Crippen LogP contribution in [0.3, 0.4) is 0 Å². The van der Waals surface area contributed by atoms with Gasteiger partial charge in [-0.05, 0) is 37.5 Å². The molecule has 2 rings (SSSR count). The summed E-state index contributed by atoms with van der Waals surface area (Å²) in [6.07, 6.45) is 3.35. The number of thioether (sulfide) groups is 1. The molecule has 0 bridgehead atoms. The molecule has 118 valence electrons. The molecule has 0 aliphatic carbocycles. The van der Waals surface area contributed by atoms with Gasteiger partial charge < -0.3 is 4.90 Å². The topological polar surface area (TPSA) is 20.3 Å². The Kier molecular flexibility index (Phi) is 5.46. The van der Waals surface area contributed by atoms with E-state index in [0.29, 0.717) is 23.5 Å². The van der Waals surface area contributed by atoms with Crippen molar-refractivity contribution in [1.29, 1.82) is 0 Å². The summed E-state index contributed by atoms with van der Waals surface area (Å²) >= 11 is 1.34. The Morgan fingerprint density at radius 1 is 1.45 bits per heavy atom.